The third-order valence-corrected chi connectivity index (χ3v) is 4.73. The SMILES string of the molecule is CCn1cc(S(=O)(=O)NCc2ccncc2C)cc1CO. The van der Waals surface area contributed by atoms with Gasteiger partial charge in [-0.1, -0.05) is 0 Å². The molecule has 0 amide bonds. The first-order chi connectivity index (χ1) is 9.97. The van der Waals surface area contributed by atoms with E-state index in [0.29, 0.717) is 12.2 Å². The van der Waals surface area contributed by atoms with Crippen LogP contribution in [0, 0.1) is 6.92 Å². The van der Waals surface area contributed by atoms with E-state index < -0.39 is 10.0 Å². The van der Waals surface area contributed by atoms with Crippen LogP contribution in [0.5, 0.6) is 0 Å². The van der Waals surface area contributed by atoms with E-state index in [1.54, 1.807) is 23.0 Å². The highest BCUT2D eigenvalue weighted by atomic mass is 32.2. The number of nitrogens with zero attached hydrogens (tertiary/aromatic N) is 2. The lowest BCUT2D eigenvalue weighted by Crippen LogP contribution is -2.23. The Bertz CT molecular complexity index is 701. The van der Waals surface area contributed by atoms with Gasteiger partial charge < -0.3 is 9.67 Å². The molecule has 0 saturated carbocycles. The van der Waals surface area contributed by atoms with Gasteiger partial charge in [-0.3, -0.25) is 4.98 Å². The number of aliphatic hydroxyl groups is 1. The molecule has 0 aliphatic carbocycles. The van der Waals surface area contributed by atoms with Gasteiger partial charge in [0.05, 0.1) is 11.5 Å². The molecule has 0 atom stereocenters. The van der Waals surface area contributed by atoms with Crippen LogP contribution in [0.4, 0.5) is 0 Å². The molecular weight excluding hydrogens is 290 g/mol. The summed E-state index contributed by atoms with van der Waals surface area (Å²) in [5.74, 6) is 0. The molecule has 0 aliphatic rings. The lowest BCUT2D eigenvalue weighted by Gasteiger charge is -2.07. The lowest BCUT2D eigenvalue weighted by molar-refractivity contribution is 0.271. The van der Waals surface area contributed by atoms with Crippen molar-refractivity contribution in [2.75, 3.05) is 0 Å². The number of hydrogen-bond donors (Lipinski definition) is 2. The summed E-state index contributed by atoms with van der Waals surface area (Å²) in [7, 11) is -3.60. The van der Waals surface area contributed by atoms with Crippen LogP contribution >= 0.6 is 0 Å². The summed E-state index contributed by atoms with van der Waals surface area (Å²) in [6.07, 6.45) is 4.86. The molecule has 0 unspecified atom stereocenters. The average Bonchev–Trinajstić information content (AvgIpc) is 2.90. The smallest absolute Gasteiger partial charge is 0.242 e. The molecule has 2 heterocycles. The molecule has 0 fully saturated rings. The summed E-state index contributed by atoms with van der Waals surface area (Å²) in [4.78, 5) is 4.14. The van der Waals surface area contributed by atoms with E-state index >= 15 is 0 Å². The molecule has 0 spiro atoms. The van der Waals surface area contributed by atoms with Gasteiger partial charge in [0.2, 0.25) is 10.0 Å². The molecule has 0 radical (unpaired) electrons. The molecule has 6 nitrogen and oxygen atoms in total. The predicted molar refractivity (Wildman–Crippen MR) is 79.0 cm³/mol. The van der Waals surface area contributed by atoms with Crippen LogP contribution in [0.25, 0.3) is 0 Å². The number of sulfonamides is 1. The van der Waals surface area contributed by atoms with E-state index in [1.165, 1.54) is 12.3 Å². The van der Waals surface area contributed by atoms with Gasteiger partial charge in [0.1, 0.15) is 0 Å². The van der Waals surface area contributed by atoms with Crippen LogP contribution in [0.3, 0.4) is 0 Å². The van der Waals surface area contributed by atoms with Gasteiger partial charge in [0, 0.05) is 37.4 Å². The summed E-state index contributed by atoms with van der Waals surface area (Å²) in [5.41, 5.74) is 2.39. The fraction of sp³-hybridized carbons (Fsp3) is 0.357. The summed E-state index contributed by atoms with van der Waals surface area (Å²) in [6, 6.07) is 3.28. The van der Waals surface area contributed by atoms with Crippen LogP contribution in [0.15, 0.2) is 35.6 Å². The van der Waals surface area contributed by atoms with Crippen LogP contribution in [-0.2, 0) is 29.7 Å². The highest BCUT2D eigenvalue weighted by molar-refractivity contribution is 7.89. The first kappa shape index (κ1) is 15.7. The minimum Gasteiger partial charge on any atom is -0.390 e. The molecule has 0 bridgehead atoms. The normalized spacial score (nSPS) is 11.8. The molecule has 2 aromatic rings. The molecule has 2 N–H and O–H groups in total. The fourth-order valence-corrected chi connectivity index (χ4v) is 3.12. The largest absolute Gasteiger partial charge is 0.390 e. The first-order valence-corrected chi connectivity index (χ1v) is 8.15. The third-order valence-electron chi connectivity index (χ3n) is 3.36. The van der Waals surface area contributed by atoms with E-state index in [-0.39, 0.29) is 18.0 Å². The van der Waals surface area contributed by atoms with Crippen molar-refractivity contribution < 1.29 is 13.5 Å². The second-order valence-electron chi connectivity index (χ2n) is 4.74. The summed E-state index contributed by atoms with van der Waals surface area (Å²) >= 11 is 0. The fourth-order valence-electron chi connectivity index (χ4n) is 2.06. The van der Waals surface area contributed by atoms with Crippen molar-refractivity contribution in [3.8, 4) is 0 Å². The number of aromatic nitrogens is 2. The molecule has 7 heteroatoms. The average molecular weight is 309 g/mol. The molecular formula is C14H19N3O3S. The van der Waals surface area contributed by atoms with Gasteiger partial charge >= 0.3 is 0 Å². The van der Waals surface area contributed by atoms with Crippen molar-refractivity contribution in [2.24, 2.45) is 0 Å². The maximum atomic E-state index is 12.3. The summed E-state index contributed by atoms with van der Waals surface area (Å²) in [5, 5.41) is 9.23. The number of pyridine rings is 1. The standard InChI is InChI=1S/C14H19N3O3S/c1-3-17-9-14(6-13(17)10-18)21(19,20)16-8-12-4-5-15-7-11(12)2/h4-7,9,16,18H,3,8,10H2,1-2H3. The summed E-state index contributed by atoms with van der Waals surface area (Å²) in [6.45, 7) is 4.40. The summed E-state index contributed by atoms with van der Waals surface area (Å²) < 4.78 is 28.9. The minimum absolute atomic E-state index is 0.167. The molecule has 0 saturated heterocycles. The molecule has 21 heavy (non-hydrogen) atoms. The number of nitrogens with one attached hydrogen (secondary N) is 1. The zero-order chi connectivity index (χ0) is 15.5. The number of hydrogen-bond acceptors (Lipinski definition) is 4. The minimum atomic E-state index is -3.60. The molecule has 2 aromatic heterocycles. The Balaban J connectivity index is 2.19. The molecule has 0 aromatic carbocycles. The van der Waals surface area contributed by atoms with Crippen molar-refractivity contribution in [3.05, 3.63) is 47.5 Å². The van der Waals surface area contributed by atoms with Gasteiger partial charge in [0.15, 0.2) is 0 Å². The number of aryl methyl sites for hydroxylation is 2. The van der Waals surface area contributed by atoms with E-state index in [1.807, 2.05) is 13.8 Å². The Hall–Kier alpha value is -1.70. The monoisotopic (exact) mass is 309 g/mol. The highest BCUT2D eigenvalue weighted by Crippen LogP contribution is 2.15. The van der Waals surface area contributed by atoms with Gasteiger partial charge in [-0.25, -0.2) is 13.1 Å². The van der Waals surface area contributed by atoms with Crippen LogP contribution in [-0.4, -0.2) is 23.1 Å². The van der Waals surface area contributed by atoms with E-state index in [4.69, 9.17) is 0 Å². The molecule has 114 valence electrons. The van der Waals surface area contributed by atoms with Gasteiger partial charge in [-0.05, 0) is 37.1 Å². The quantitative estimate of drug-likeness (QED) is 0.839. The van der Waals surface area contributed by atoms with Crippen molar-refractivity contribution in [3.63, 3.8) is 0 Å². The van der Waals surface area contributed by atoms with Crippen molar-refractivity contribution >= 4 is 10.0 Å². The zero-order valence-corrected chi connectivity index (χ0v) is 12.9. The predicted octanol–water partition coefficient (Wildman–Crippen LogP) is 1.18. The van der Waals surface area contributed by atoms with Crippen LogP contribution in [0.2, 0.25) is 0 Å². The first-order valence-electron chi connectivity index (χ1n) is 6.67. The van der Waals surface area contributed by atoms with Crippen molar-refractivity contribution in [2.45, 2.75) is 38.4 Å². The third kappa shape index (κ3) is 3.49. The number of aliphatic hydroxyl groups excluding tert-OH is 1. The van der Waals surface area contributed by atoms with E-state index in [9.17, 15) is 13.5 Å². The van der Waals surface area contributed by atoms with Gasteiger partial charge in [-0.15, -0.1) is 0 Å². The van der Waals surface area contributed by atoms with Crippen molar-refractivity contribution in [1.29, 1.82) is 0 Å². The second-order valence-corrected chi connectivity index (χ2v) is 6.50. The Morgan fingerprint density at radius 3 is 2.76 bits per heavy atom. The Morgan fingerprint density at radius 1 is 1.43 bits per heavy atom. The van der Waals surface area contributed by atoms with Crippen LogP contribution in [0.1, 0.15) is 23.7 Å². The maximum Gasteiger partial charge on any atom is 0.242 e. The molecule has 2 rings (SSSR count). The lowest BCUT2D eigenvalue weighted by atomic mass is 10.2. The van der Waals surface area contributed by atoms with Gasteiger partial charge in [0.25, 0.3) is 0 Å². The zero-order valence-electron chi connectivity index (χ0n) is 12.1. The van der Waals surface area contributed by atoms with E-state index in [2.05, 4.69) is 9.71 Å². The highest BCUT2D eigenvalue weighted by Gasteiger charge is 2.18. The number of rotatable bonds is 6. The molecule has 0 aliphatic heterocycles. The van der Waals surface area contributed by atoms with Crippen molar-refractivity contribution in [1.82, 2.24) is 14.3 Å². The van der Waals surface area contributed by atoms with Crippen LogP contribution < -0.4 is 4.72 Å². The van der Waals surface area contributed by atoms with Gasteiger partial charge in [-0.2, -0.15) is 0 Å². The Kier molecular flexibility index (Phi) is 4.76. The topological polar surface area (TPSA) is 84.2 Å². The Morgan fingerprint density at radius 2 is 2.19 bits per heavy atom. The van der Waals surface area contributed by atoms with E-state index in [0.717, 1.165) is 11.1 Å². The second kappa shape index (κ2) is 6.38. The Labute approximate surface area is 124 Å². The maximum absolute atomic E-state index is 12.3.